The summed E-state index contributed by atoms with van der Waals surface area (Å²) >= 11 is 0. The maximum Gasteiger partial charge on any atom is 0.257 e. The number of benzene rings is 1. The molecule has 1 unspecified atom stereocenters. The van der Waals surface area contributed by atoms with Crippen LogP contribution in [-0.2, 0) is 10.2 Å². The van der Waals surface area contributed by atoms with Crippen LogP contribution in [-0.4, -0.2) is 87.0 Å². The average Bonchev–Trinajstić information content (AvgIpc) is 3.48. The number of nitrogens with zero attached hydrogens (tertiary/aromatic N) is 5. The van der Waals surface area contributed by atoms with Crippen molar-refractivity contribution < 1.29 is 14.7 Å². The first-order valence-corrected chi connectivity index (χ1v) is 14.4. The number of hydrogen-bond donors (Lipinski definition) is 1. The standard InChI is InChI=1S/C31H39N5O3/c1-21-28(22(2)33-20-32-21)30(39)35-16-24-14-34(15-25(24)17-35)13-12-31(26-6-4-3-5-7-26)18-36(19-31)29(38)23-8-10-27(37)11-9-23/h3-7,14,20,23,25,27,37H,8-13,15-19H2,1-2H3. The molecule has 1 saturated carbocycles. The summed E-state index contributed by atoms with van der Waals surface area (Å²) in [5.41, 5.74) is 4.72. The fourth-order valence-corrected chi connectivity index (χ4v) is 7.12. The lowest BCUT2D eigenvalue weighted by Gasteiger charge is -2.52. The lowest BCUT2D eigenvalue weighted by molar-refractivity contribution is -0.145. The molecule has 206 valence electrons. The largest absolute Gasteiger partial charge is 0.393 e. The topological polar surface area (TPSA) is 89.9 Å². The van der Waals surface area contributed by atoms with E-state index in [9.17, 15) is 14.7 Å². The Kier molecular flexibility index (Phi) is 6.91. The van der Waals surface area contributed by atoms with Crippen molar-refractivity contribution in [2.45, 2.75) is 57.5 Å². The molecule has 6 rings (SSSR count). The average molecular weight is 530 g/mol. The van der Waals surface area contributed by atoms with E-state index in [2.05, 4.69) is 51.4 Å². The Labute approximate surface area is 230 Å². The van der Waals surface area contributed by atoms with Crippen LogP contribution in [0.1, 0.15) is 59.4 Å². The summed E-state index contributed by atoms with van der Waals surface area (Å²) in [6.45, 7) is 8.54. The minimum Gasteiger partial charge on any atom is -0.393 e. The second kappa shape index (κ2) is 10.4. The fraction of sp³-hybridized carbons (Fsp3) is 0.548. The third-order valence-electron chi connectivity index (χ3n) is 9.48. The van der Waals surface area contributed by atoms with Gasteiger partial charge in [-0.15, -0.1) is 0 Å². The number of carbonyl (C=O) groups excluding carboxylic acids is 2. The van der Waals surface area contributed by atoms with Gasteiger partial charge >= 0.3 is 0 Å². The molecule has 2 aromatic rings. The van der Waals surface area contributed by atoms with Gasteiger partial charge in [-0.05, 0) is 57.1 Å². The van der Waals surface area contributed by atoms with E-state index in [-0.39, 0.29) is 29.3 Å². The minimum absolute atomic E-state index is 0.0222. The Balaban J connectivity index is 1.09. The summed E-state index contributed by atoms with van der Waals surface area (Å²) in [6.07, 6.45) is 7.60. The van der Waals surface area contributed by atoms with Crippen molar-refractivity contribution in [1.29, 1.82) is 0 Å². The van der Waals surface area contributed by atoms with E-state index in [1.54, 1.807) is 0 Å². The van der Waals surface area contributed by atoms with Gasteiger partial charge in [0.25, 0.3) is 5.91 Å². The van der Waals surface area contributed by atoms with Crippen LogP contribution >= 0.6 is 0 Å². The third kappa shape index (κ3) is 4.95. The van der Waals surface area contributed by atoms with E-state index >= 15 is 0 Å². The summed E-state index contributed by atoms with van der Waals surface area (Å²) in [5.74, 6) is 0.728. The fourth-order valence-electron chi connectivity index (χ4n) is 7.12. The molecule has 4 heterocycles. The zero-order valence-corrected chi connectivity index (χ0v) is 23.1. The number of fused-ring (bicyclic) bond motifs is 1. The highest BCUT2D eigenvalue weighted by atomic mass is 16.3. The van der Waals surface area contributed by atoms with E-state index < -0.39 is 0 Å². The SMILES string of the molecule is Cc1ncnc(C)c1C(=O)N1CC2=CN(CCC3(c4ccccc4)CN(C(=O)C4CCC(O)CC4)C3)CC2C1. The van der Waals surface area contributed by atoms with Crippen molar-refractivity contribution in [3.8, 4) is 0 Å². The molecule has 39 heavy (non-hydrogen) atoms. The molecule has 1 aromatic heterocycles. The minimum atomic E-state index is -0.242. The molecule has 8 nitrogen and oxygen atoms in total. The molecular weight excluding hydrogens is 490 g/mol. The Hall–Kier alpha value is -3.26. The molecule has 1 aliphatic carbocycles. The summed E-state index contributed by atoms with van der Waals surface area (Å²) in [5, 5.41) is 9.84. The molecule has 0 bridgehead atoms. The van der Waals surface area contributed by atoms with Crippen LogP contribution in [0.5, 0.6) is 0 Å². The molecule has 8 heteroatoms. The molecule has 4 aliphatic rings. The highest BCUT2D eigenvalue weighted by Gasteiger charge is 2.48. The molecule has 3 aliphatic heterocycles. The van der Waals surface area contributed by atoms with Crippen LogP contribution in [0.25, 0.3) is 0 Å². The van der Waals surface area contributed by atoms with Gasteiger partial charge in [0.2, 0.25) is 5.91 Å². The van der Waals surface area contributed by atoms with Crippen LogP contribution in [0.15, 0.2) is 48.4 Å². The number of aryl methyl sites for hydroxylation is 2. The summed E-state index contributed by atoms with van der Waals surface area (Å²) in [4.78, 5) is 41.3. The van der Waals surface area contributed by atoms with Crippen molar-refractivity contribution in [1.82, 2.24) is 24.7 Å². The van der Waals surface area contributed by atoms with Crippen LogP contribution in [0.4, 0.5) is 0 Å². The monoisotopic (exact) mass is 529 g/mol. The molecular formula is C31H39N5O3. The van der Waals surface area contributed by atoms with Gasteiger partial charge in [-0.1, -0.05) is 30.3 Å². The van der Waals surface area contributed by atoms with Crippen molar-refractivity contribution >= 4 is 11.8 Å². The third-order valence-corrected chi connectivity index (χ3v) is 9.48. The van der Waals surface area contributed by atoms with E-state index in [0.29, 0.717) is 18.0 Å². The van der Waals surface area contributed by atoms with Crippen LogP contribution in [0.2, 0.25) is 0 Å². The molecule has 0 radical (unpaired) electrons. The first-order chi connectivity index (χ1) is 18.8. The van der Waals surface area contributed by atoms with Gasteiger partial charge in [0, 0.05) is 62.7 Å². The predicted octanol–water partition coefficient (Wildman–Crippen LogP) is 3.09. The summed E-state index contributed by atoms with van der Waals surface area (Å²) < 4.78 is 0. The van der Waals surface area contributed by atoms with Gasteiger partial charge < -0.3 is 19.8 Å². The summed E-state index contributed by atoms with van der Waals surface area (Å²) in [7, 11) is 0. The zero-order valence-electron chi connectivity index (χ0n) is 23.1. The smallest absolute Gasteiger partial charge is 0.257 e. The quantitative estimate of drug-likeness (QED) is 0.619. The Bertz CT molecular complexity index is 1240. The van der Waals surface area contributed by atoms with E-state index in [4.69, 9.17) is 0 Å². The second-order valence-electron chi connectivity index (χ2n) is 12.1. The highest BCUT2D eigenvalue weighted by Crippen LogP contribution is 2.41. The van der Waals surface area contributed by atoms with Gasteiger partial charge in [-0.3, -0.25) is 9.59 Å². The Morgan fingerprint density at radius 2 is 1.67 bits per heavy atom. The van der Waals surface area contributed by atoms with Gasteiger partial charge in [-0.25, -0.2) is 9.97 Å². The number of likely N-dealkylation sites (tertiary alicyclic amines) is 2. The lowest BCUT2D eigenvalue weighted by atomic mass is 9.70. The number of amides is 2. The number of hydrogen-bond acceptors (Lipinski definition) is 6. The Morgan fingerprint density at radius 1 is 0.974 bits per heavy atom. The number of carbonyl (C=O) groups is 2. The van der Waals surface area contributed by atoms with Gasteiger partial charge in [0.1, 0.15) is 6.33 Å². The van der Waals surface area contributed by atoms with Gasteiger partial charge in [-0.2, -0.15) is 0 Å². The molecule has 0 spiro atoms. The van der Waals surface area contributed by atoms with Crippen LogP contribution < -0.4 is 0 Å². The van der Waals surface area contributed by atoms with E-state index in [1.807, 2.05) is 23.6 Å². The summed E-state index contributed by atoms with van der Waals surface area (Å²) in [6, 6.07) is 10.7. The Morgan fingerprint density at radius 3 is 2.33 bits per heavy atom. The normalized spacial score (nSPS) is 25.8. The van der Waals surface area contributed by atoms with Crippen molar-refractivity contribution in [3.05, 3.63) is 70.9 Å². The molecule has 2 amide bonds. The molecule has 1 N–H and O–H groups in total. The van der Waals surface area contributed by atoms with Gasteiger partial charge in [0.15, 0.2) is 0 Å². The van der Waals surface area contributed by atoms with Crippen molar-refractivity contribution in [3.63, 3.8) is 0 Å². The van der Waals surface area contributed by atoms with Crippen molar-refractivity contribution in [2.24, 2.45) is 11.8 Å². The maximum absolute atomic E-state index is 13.2. The van der Waals surface area contributed by atoms with Crippen LogP contribution in [0, 0.1) is 25.7 Å². The van der Waals surface area contributed by atoms with E-state index in [0.717, 1.165) is 76.2 Å². The first-order valence-electron chi connectivity index (χ1n) is 14.4. The number of aliphatic hydroxyl groups is 1. The number of rotatable bonds is 6. The zero-order chi connectivity index (χ0) is 27.1. The molecule has 1 aromatic carbocycles. The number of aromatic nitrogens is 2. The molecule has 3 fully saturated rings. The number of aliphatic hydroxyl groups excluding tert-OH is 1. The lowest BCUT2D eigenvalue weighted by Crippen LogP contribution is -2.63. The van der Waals surface area contributed by atoms with Gasteiger partial charge in [0.05, 0.1) is 23.1 Å². The first kappa shape index (κ1) is 26.0. The predicted molar refractivity (Wildman–Crippen MR) is 148 cm³/mol. The van der Waals surface area contributed by atoms with Crippen molar-refractivity contribution in [2.75, 3.05) is 39.3 Å². The maximum atomic E-state index is 13.2. The molecule has 2 saturated heterocycles. The van der Waals surface area contributed by atoms with E-state index in [1.165, 1.54) is 17.5 Å². The second-order valence-corrected chi connectivity index (χ2v) is 12.1. The van der Waals surface area contributed by atoms with Crippen LogP contribution in [0.3, 0.4) is 0 Å². The highest BCUT2D eigenvalue weighted by molar-refractivity contribution is 5.96. The molecule has 1 atom stereocenters.